The Morgan fingerprint density at radius 2 is 1.84 bits per heavy atom. The Morgan fingerprint density at radius 1 is 1.11 bits per heavy atom. The highest BCUT2D eigenvalue weighted by Gasteiger charge is 2.36. The molecule has 0 spiro atoms. The van der Waals surface area contributed by atoms with E-state index in [-0.39, 0.29) is 55.9 Å². The third-order valence-corrected chi connectivity index (χ3v) is 5.69. The lowest BCUT2D eigenvalue weighted by molar-refractivity contribution is -0.145. The Labute approximate surface area is 220 Å². The number of hydrogen-bond acceptors (Lipinski definition) is 6. The highest BCUT2D eigenvalue weighted by atomic mass is 35.5. The average molecular weight is 575 g/mol. The normalized spacial score (nSPS) is 11.5. The molecular weight excluding hydrogens is 562 g/mol. The topological polar surface area (TPSA) is 128 Å². The fourth-order valence-electron chi connectivity index (χ4n) is 3.25. The molecular formula is C21H13Cl3F3N7O3. The monoisotopic (exact) mass is 573 g/mol. The van der Waals surface area contributed by atoms with Crippen LogP contribution in [0.3, 0.4) is 0 Å². The van der Waals surface area contributed by atoms with Gasteiger partial charge in [-0.25, -0.2) is 24.1 Å². The molecule has 0 saturated carbocycles. The number of benzene rings is 1. The summed E-state index contributed by atoms with van der Waals surface area (Å²) in [5.41, 5.74) is -0.668. The van der Waals surface area contributed by atoms with Crippen molar-refractivity contribution < 1.29 is 27.9 Å². The molecule has 192 valence electrons. The van der Waals surface area contributed by atoms with Crippen LogP contribution in [0.1, 0.15) is 38.2 Å². The summed E-state index contributed by atoms with van der Waals surface area (Å²) in [6, 6.07) is 6.65. The van der Waals surface area contributed by atoms with Gasteiger partial charge < -0.3 is 10.4 Å². The van der Waals surface area contributed by atoms with Crippen molar-refractivity contribution in [1.82, 2.24) is 29.5 Å². The molecule has 4 rings (SSSR count). The van der Waals surface area contributed by atoms with E-state index in [0.717, 1.165) is 15.4 Å². The molecule has 3 heterocycles. The summed E-state index contributed by atoms with van der Waals surface area (Å²) in [6.45, 7) is 1.05. The van der Waals surface area contributed by atoms with E-state index in [0.29, 0.717) is 0 Å². The highest BCUT2D eigenvalue weighted by molar-refractivity contribution is 6.38. The summed E-state index contributed by atoms with van der Waals surface area (Å²) >= 11 is 18.2. The van der Waals surface area contributed by atoms with Crippen LogP contribution in [0, 0.1) is 6.92 Å². The predicted molar refractivity (Wildman–Crippen MR) is 127 cm³/mol. The van der Waals surface area contributed by atoms with Gasteiger partial charge in [0.2, 0.25) is 0 Å². The minimum atomic E-state index is -4.75. The molecule has 0 bridgehead atoms. The molecule has 0 aliphatic heterocycles. The molecule has 0 radical (unpaired) electrons. The third-order valence-electron chi connectivity index (χ3n) is 4.88. The molecule has 1 amide bonds. The van der Waals surface area contributed by atoms with Crippen LogP contribution in [-0.4, -0.2) is 46.5 Å². The first-order valence-corrected chi connectivity index (χ1v) is 11.2. The molecule has 0 atom stereocenters. The van der Waals surface area contributed by atoms with Gasteiger partial charge in [-0.05, 0) is 37.3 Å². The van der Waals surface area contributed by atoms with Crippen LogP contribution in [0.4, 0.5) is 18.9 Å². The van der Waals surface area contributed by atoms with Crippen LogP contribution in [0.25, 0.3) is 5.82 Å². The standard InChI is InChI=1S/C21H13Cl3F3N7O3/c1-9-29-20(21(25,26)27)32-33(9)8-11-7-15(34(31-11)17-13(23)3-2-4-28-17)18(35)30-16-12(19(36)37)5-10(22)6-14(16)24/h2-7H,8H2,1H3,(H,30,35)(H,36,37). The quantitative estimate of drug-likeness (QED) is 0.326. The first-order chi connectivity index (χ1) is 17.3. The van der Waals surface area contributed by atoms with Crippen LogP contribution < -0.4 is 5.32 Å². The van der Waals surface area contributed by atoms with Crippen LogP contribution in [-0.2, 0) is 12.7 Å². The number of carbonyl (C=O) groups is 2. The molecule has 4 aromatic rings. The zero-order valence-corrected chi connectivity index (χ0v) is 20.7. The Hall–Kier alpha value is -3.68. The van der Waals surface area contributed by atoms with E-state index in [1.165, 1.54) is 31.3 Å². The Bertz CT molecular complexity index is 1540. The zero-order chi connectivity index (χ0) is 27.1. The second kappa shape index (κ2) is 10.00. The lowest BCUT2D eigenvalue weighted by Gasteiger charge is -2.12. The molecule has 0 aliphatic rings. The number of aryl methyl sites for hydroxylation is 1. The van der Waals surface area contributed by atoms with Crippen LogP contribution in [0.2, 0.25) is 15.1 Å². The van der Waals surface area contributed by atoms with Gasteiger partial charge >= 0.3 is 12.1 Å². The van der Waals surface area contributed by atoms with Gasteiger partial charge in [0.15, 0.2) is 5.82 Å². The molecule has 0 saturated heterocycles. The summed E-state index contributed by atoms with van der Waals surface area (Å²) in [5, 5.41) is 19.7. The second-order valence-electron chi connectivity index (χ2n) is 7.45. The van der Waals surface area contributed by atoms with Gasteiger partial charge in [0.1, 0.15) is 11.5 Å². The summed E-state index contributed by atoms with van der Waals surface area (Å²) in [4.78, 5) is 32.5. The van der Waals surface area contributed by atoms with Crippen molar-refractivity contribution in [3.63, 3.8) is 0 Å². The van der Waals surface area contributed by atoms with Gasteiger partial charge in [0, 0.05) is 11.2 Å². The highest BCUT2D eigenvalue weighted by Crippen LogP contribution is 2.31. The minimum Gasteiger partial charge on any atom is -0.478 e. The molecule has 3 aromatic heterocycles. The van der Waals surface area contributed by atoms with Crippen molar-refractivity contribution in [2.75, 3.05) is 5.32 Å². The van der Waals surface area contributed by atoms with Crippen LogP contribution >= 0.6 is 34.8 Å². The van der Waals surface area contributed by atoms with Crippen LogP contribution in [0.5, 0.6) is 0 Å². The number of nitrogens with one attached hydrogen (secondary N) is 1. The number of alkyl halides is 3. The number of rotatable bonds is 6. The SMILES string of the molecule is Cc1nc(C(F)(F)F)nn1Cc1cc(C(=O)Nc2c(Cl)cc(Cl)cc2C(=O)O)n(-c2ncccc2Cl)n1. The fourth-order valence-corrected chi connectivity index (χ4v) is 4.00. The van der Waals surface area contributed by atoms with E-state index in [1.807, 2.05) is 0 Å². The smallest absolute Gasteiger partial charge is 0.453 e. The molecule has 0 unspecified atom stereocenters. The Balaban J connectivity index is 1.77. The van der Waals surface area contributed by atoms with E-state index in [9.17, 15) is 27.9 Å². The summed E-state index contributed by atoms with van der Waals surface area (Å²) in [6.07, 6.45) is -3.36. The van der Waals surface area contributed by atoms with Crippen molar-refractivity contribution in [3.05, 3.63) is 80.2 Å². The number of aromatic carboxylic acids is 1. The number of hydrogen-bond donors (Lipinski definition) is 2. The predicted octanol–water partition coefficient (Wildman–Crippen LogP) is 5.15. The lowest BCUT2D eigenvalue weighted by Crippen LogP contribution is -2.19. The van der Waals surface area contributed by atoms with Gasteiger partial charge in [0.25, 0.3) is 11.7 Å². The van der Waals surface area contributed by atoms with Gasteiger partial charge in [-0.1, -0.05) is 34.8 Å². The van der Waals surface area contributed by atoms with Crippen molar-refractivity contribution >= 4 is 52.4 Å². The number of halogens is 6. The average Bonchev–Trinajstić information content (AvgIpc) is 3.39. The summed E-state index contributed by atoms with van der Waals surface area (Å²) < 4.78 is 41.1. The Kier molecular flexibility index (Phi) is 7.13. The van der Waals surface area contributed by atoms with E-state index in [1.54, 1.807) is 6.07 Å². The number of carbonyl (C=O) groups excluding carboxylic acids is 1. The molecule has 0 aliphatic carbocycles. The Morgan fingerprint density at radius 3 is 2.46 bits per heavy atom. The molecule has 1 aromatic carbocycles. The van der Waals surface area contributed by atoms with Crippen molar-refractivity contribution in [2.24, 2.45) is 0 Å². The van der Waals surface area contributed by atoms with E-state index >= 15 is 0 Å². The van der Waals surface area contributed by atoms with Crippen molar-refractivity contribution in [3.8, 4) is 5.82 Å². The summed E-state index contributed by atoms with van der Waals surface area (Å²) in [5.74, 6) is -3.59. The third kappa shape index (κ3) is 5.53. The largest absolute Gasteiger partial charge is 0.478 e. The molecule has 37 heavy (non-hydrogen) atoms. The molecule has 0 fully saturated rings. The second-order valence-corrected chi connectivity index (χ2v) is 8.70. The minimum absolute atomic E-state index is 0.0347. The maximum absolute atomic E-state index is 13.3. The number of pyridine rings is 1. The van der Waals surface area contributed by atoms with E-state index in [2.05, 4.69) is 25.5 Å². The molecule has 16 heteroatoms. The number of carboxylic acids is 1. The number of nitrogens with zero attached hydrogens (tertiary/aromatic N) is 6. The van der Waals surface area contributed by atoms with Gasteiger partial charge in [-0.3, -0.25) is 4.79 Å². The maximum atomic E-state index is 13.3. The van der Waals surface area contributed by atoms with Gasteiger partial charge in [-0.15, -0.1) is 5.10 Å². The van der Waals surface area contributed by atoms with E-state index < -0.39 is 23.9 Å². The zero-order valence-electron chi connectivity index (χ0n) is 18.4. The number of anilines is 1. The number of aromatic nitrogens is 6. The maximum Gasteiger partial charge on any atom is 0.453 e. The fraction of sp³-hybridized carbons (Fsp3) is 0.143. The van der Waals surface area contributed by atoms with Gasteiger partial charge in [0.05, 0.1) is 33.5 Å². The molecule has 2 N–H and O–H groups in total. The van der Waals surface area contributed by atoms with Crippen LogP contribution in [0.15, 0.2) is 36.5 Å². The molecule has 10 nitrogen and oxygen atoms in total. The lowest BCUT2D eigenvalue weighted by atomic mass is 10.1. The first kappa shape index (κ1) is 26.4. The summed E-state index contributed by atoms with van der Waals surface area (Å²) in [7, 11) is 0. The number of carboxylic acid groups (broad SMARTS) is 1. The van der Waals surface area contributed by atoms with Gasteiger partial charge in [-0.2, -0.15) is 18.3 Å². The number of amides is 1. The van der Waals surface area contributed by atoms with E-state index in [4.69, 9.17) is 34.8 Å². The van der Waals surface area contributed by atoms with Crippen molar-refractivity contribution in [1.29, 1.82) is 0 Å². The first-order valence-electron chi connectivity index (χ1n) is 10.1. The van der Waals surface area contributed by atoms with Crippen molar-refractivity contribution in [2.45, 2.75) is 19.6 Å².